The number of carbonyl (C=O) groups is 1. The topological polar surface area (TPSA) is 76.6 Å². The lowest BCUT2D eigenvalue weighted by Crippen LogP contribution is -2.47. The van der Waals surface area contributed by atoms with Gasteiger partial charge in [-0.15, -0.1) is 0 Å². The Balaban J connectivity index is 1.09. The SMILES string of the molecule is O=C(Oc1ccc(Oc2ccc(C(F)(F)F)cn2)cc1)N1CCC(NC(c2ccncc2)C2CC2)CC1. The first kappa shape index (κ1) is 25.0. The van der Waals surface area contributed by atoms with Crippen LogP contribution in [0.5, 0.6) is 17.4 Å². The molecule has 1 atom stereocenters. The Hall–Kier alpha value is -3.66. The number of carbonyl (C=O) groups excluding carboxylic acids is 1. The number of amides is 1. The lowest BCUT2D eigenvalue weighted by molar-refractivity contribution is -0.137. The van der Waals surface area contributed by atoms with E-state index in [1.807, 2.05) is 12.4 Å². The van der Waals surface area contributed by atoms with Gasteiger partial charge in [-0.2, -0.15) is 13.2 Å². The first-order valence-electron chi connectivity index (χ1n) is 12.3. The molecule has 1 unspecified atom stereocenters. The lowest BCUT2D eigenvalue weighted by atomic mass is 9.99. The van der Waals surface area contributed by atoms with E-state index in [2.05, 4.69) is 27.4 Å². The Morgan fingerprint density at radius 2 is 1.62 bits per heavy atom. The summed E-state index contributed by atoms with van der Waals surface area (Å²) >= 11 is 0. The Morgan fingerprint density at radius 1 is 0.946 bits per heavy atom. The average Bonchev–Trinajstić information content (AvgIpc) is 3.74. The van der Waals surface area contributed by atoms with Crippen LogP contribution in [0.15, 0.2) is 67.1 Å². The van der Waals surface area contributed by atoms with E-state index in [-0.39, 0.29) is 5.88 Å². The number of hydrogen-bond donors (Lipinski definition) is 1. The largest absolute Gasteiger partial charge is 0.439 e. The molecule has 5 rings (SSSR count). The van der Waals surface area contributed by atoms with Gasteiger partial charge in [0.05, 0.1) is 5.56 Å². The normalized spacial score (nSPS) is 17.3. The molecular formula is C27H27F3N4O3. The van der Waals surface area contributed by atoms with Gasteiger partial charge in [0.2, 0.25) is 5.88 Å². The third-order valence-corrected chi connectivity index (χ3v) is 6.64. The number of likely N-dealkylation sites (tertiary alicyclic amines) is 1. The van der Waals surface area contributed by atoms with Crippen LogP contribution < -0.4 is 14.8 Å². The highest BCUT2D eigenvalue weighted by Crippen LogP contribution is 2.41. The molecule has 3 aromatic rings. The van der Waals surface area contributed by atoms with Crippen LogP contribution in [0.3, 0.4) is 0 Å². The molecule has 0 bridgehead atoms. The molecule has 0 radical (unpaired) electrons. The van der Waals surface area contributed by atoms with Crippen molar-refractivity contribution in [3.05, 3.63) is 78.2 Å². The van der Waals surface area contributed by atoms with Crippen LogP contribution >= 0.6 is 0 Å². The molecule has 2 fully saturated rings. The molecule has 194 valence electrons. The van der Waals surface area contributed by atoms with Gasteiger partial charge in [0.15, 0.2) is 0 Å². The number of nitrogens with one attached hydrogen (secondary N) is 1. The number of ether oxygens (including phenoxy) is 2. The predicted molar refractivity (Wildman–Crippen MR) is 129 cm³/mol. The molecule has 1 amide bonds. The van der Waals surface area contributed by atoms with Gasteiger partial charge >= 0.3 is 12.3 Å². The second-order valence-corrected chi connectivity index (χ2v) is 9.35. The van der Waals surface area contributed by atoms with Crippen molar-refractivity contribution in [1.29, 1.82) is 0 Å². The van der Waals surface area contributed by atoms with Crippen LogP contribution in [0, 0.1) is 5.92 Å². The van der Waals surface area contributed by atoms with Gasteiger partial charge in [-0.05, 0) is 79.6 Å². The number of hydrogen-bond acceptors (Lipinski definition) is 6. The maximum Gasteiger partial charge on any atom is 0.417 e. The summed E-state index contributed by atoms with van der Waals surface area (Å²) < 4.78 is 49.0. The fraction of sp³-hybridized carbons (Fsp3) is 0.370. The number of benzene rings is 1. The van der Waals surface area contributed by atoms with Crippen LogP contribution in [0.4, 0.5) is 18.0 Å². The van der Waals surface area contributed by atoms with Gasteiger partial charge in [-0.3, -0.25) is 4.98 Å². The molecule has 2 aromatic heterocycles. The van der Waals surface area contributed by atoms with Crippen LogP contribution in [-0.4, -0.2) is 40.1 Å². The first-order valence-corrected chi connectivity index (χ1v) is 12.3. The zero-order valence-corrected chi connectivity index (χ0v) is 20.0. The molecular weight excluding hydrogens is 485 g/mol. The van der Waals surface area contributed by atoms with E-state index in [1.165, 1.54) is 18.4 Å². The lowest BCUT2D eigenvalue weighted by Gasteiger charge is -2.34. The summed E-state index contributed by atoms with van der Waals surface area (Å²) in [5.41, 5.74) is 0.416. The monoisotopic (exact) mass is 512 g/mol. The Labute approximate surface area is 212 Å². The molecule has 10 heteroatoms. The van der Waals surface area contributed by atoms with E-state index in [9.17, 15) is 18.0 Å². The van der Waals surface area contributed by atoms with E-state index in [0.29, 0.717) is 42.6 Å². The smallest absolute Gasteiger partial charge is 0.417 e. The summed E-state index contributed by atoms with van der Waals surface area (Å²) in [6.45, 7) is 1.20. The second-order valence-electron chi connectivity index (χ2n) is 9.35. The van der Waals surface area contributed by atoms with Gasteiger partial charge in [-0.25, -0.2) is 9.78 Å². The summed E-state index contributed by atoms with van der Waals surface area (Å²) in [4.78, 5) is 22.2. The highest BCUT2D eigenvalue weighted by molar-refractivity contribution is 5.70. The number of piperidine rings is 1. The summed E-state index contributed by atoms with van der Waals surface area (Å²) in [6, 6.07) is 13.1. The maximum atomic E-state index is 12.7. The third kappa shape index (κ3) is 6.56. The minimum Gasteiger partial charge on any atom is -0.439 e. The maximum absolute atomic E-state index is 12.7. The molecule has 1 aliphatic carbocycles. The summed E-state index contributed by atoms with van der Waals surface area (Å²) in [6.07, 6.45) is 3.66. The highest BCUT2D eigenvalue weighted by atomic mass is 19.4. The Bertz CT molecular complexity index is 1180. The molecule has 1 aliphatic heterocycles. The number of rotatable bonds is 7. The fourth-order valence-corrected chi connectivity index (χ4v) is 4.46. The average molecular weight is 513 g/mol. The quantitative estimate of drug-likeness (QED) is 0.419. The van der Waals surface area contributed by atoms with Crippen molar-refractivity contribution in [3.8, 4) is 17.4 Å². The van der Waals surface area contributed by atoms with E-state index < -0.39 is 17.8 Å². The number of nitrogens with zero attached hydrogens (tertiary/aromatic N) is 3. The molecule has 3 heterocycles. The van der Waals surface area contributed by atoms with Crippen molar-refractivity contribution < 1.29 is 27.4 Å². The van der Waals surface area contributed by atoms with Gasteiger partial charge in [0.25, 0.3) is 0 Å². The van der Waals surface area contributed by atoms with Crippen molar-refractivity contribution in [2.75, 3.05) is 13.1 Å². The summed E-state index contributed by atoms with van der Waals surface area (Å²) in [7, 11) is 0. The van der Waals surface area contributed by atoms with Gasteiger partial charge in [0, 0.05) is 49.8 Å². The molecule has 0 spiro atoms. The molecule has 1 aromatic carbocycles. The second kappa shape index (κ2) is 10.8. The molecule has 37 heavy (non-hydrogen) atoms. The number of aromatic nitrogens is 2. The summed E-state index contributed by atoms with van der Waals surface area (Å²) in [5.74, 6) is 1.40. The van der Waals surface area contributed by atoms with Gasteiger partial charge in [-0.1, -0.05) is 0 Å². The van der Waals surface area contributed by atoms with E-state index in [4.69, 9.17) is 9.47 Å². The fourth-order valence-electron chi connectivity index (χ4n) is 4.46. The van der Waals surface area contributed by atoms with Crippen LogP contribution in [0.2, 0.25) is 0 Å². The molecule has 1 saturated heterocycles. The van der Waals surface area contributed by atoms with Crippen LogP contribution in [0.25, 0.3) is 0 Å². The number of pyridine rings is 2. The molecule has 1 N–H and O–H groups in total. The van der Waals surface area contributed by atoms with Crippen molar-refractivity contribution in [3.63, 3.8) is 0 Å². The summed E-state index contributed by atoms with van der Waals surface area (Å²) in [5, 5.41) is 3.80. The van der Waals surface area contributed by atoms with E-state index in [0.717, 1.165) is 31.2 Å². The van der Waals surface area contributed by atoms with Crippen molar-refractivity contribution >= 4 is 6.09 Å². The molecule has 2 aliphatic rings. The number of alkyl halides is 3. The van der Waals surface area contributed by atoms with E-state index >= 15 is 0 Å². The standard InChI is InChI=1S/C27H27F3N4O3/c28-27(29,30)20-3-8-24(32-17-20)36-22-4-6-23(7-5-22)37-26(35)34-15-11-21(12-16-34)33-25(18-1-2-18)19-9-13-31-14-10-19/h3-10,13-14,17-18,21,25,33H,1-2,11-12,15-16H2. The first-order chi connectivity index (χ1) is 17.8. The Morgan fingerprint density at radius 3 is 2.22 bits per heavy atom. The highest BCUT2D eigenvalue weighted by Gasteiger charge is 2.35. The van der Waals surface area contributed by atoms with Gasteiger partial charge in [0.1, 0.15) is 11.5 Å². The minimum atomic E-state index is -4.46. The Kier molecular flexibility index (Phi) is 7.27. The van der Waals surface area contributed by atoms with E-state index in [1.54, 1.807) is 29.2 Å². The van der Waals surface area contributed by atoms with Crippen LogP contribution in [-0.2, 0) is 6.18 Å². The van der Waals surface area contributed by atoms with Crippen molar-refractivity contribution in [1.82, 2.24) is 20.2 Å². The zero-order chi connectivity index (χ0) is 25.8. The zero-order valence-electron chi connectivity index (χ0n) is 20.0. The molecule has 1 saturated carbocycles. The minimum absolute atomic E-state index is 0.0297. The molecule has 7 nitrogen and oxygen atoms in total. The third-order valence-electron chi connectivity index (χ3n) is 6.64. The van der Waals surface area contributed by atoms with Crippen LogP contribution in [0.1, 0.15) is 42.9 Å². The number of halogens is 3. The van der Waals surface area contributed by atoms with Crippen molar-refractivity contribution in [2.24, 2.45) is 5.92 Å². The van der Waals surface area contributed by atoms with Gasteiger partial charge < -0.3 is 19.7 Å². The van der Waals surface area contributed by atoms with Crippen molar-refractivity contribution in [2.45, 2.75) is 43.9 Å². The predicted octanol–water partition coefficient (Wildman–Crippen LogP) is 5.99.